The van der Waals surface area contributed by atoms with Crippen molar-refractivity contribution in [3.05, 3.63) is 0 Å². The van der Waals surface area contributed by atoms with Crippen LogP contribution in [0, 0.1) is 11.8 Å². The van der Waals surface area contributed by atoms with Gasteiger partial charge in [0, 0.05) is 25.2 Å². The quantitative estimate of drug-likeness (QED) is 0.849. The monoisotopic (exact) mass is 306 g/mol. The first kappa shape index (κ1) is 17.1. The van der Waals surface area contributed by atoms with Crippen LogP contribution >= 0.6 is 0 Å². The van der Waals surface area contributed by atoms with Gasteiger partial charge in [0.05, 0.1) is 6.54 Å². The molecule has 0 aromatic rings. The molecular formula is C16H29F3N2. The Bertz CT molecular complexity index is 313. The van der Waals surface area contributed by atoms with Crippen molar-refractivity contribution in [3.63, 3.8) is 0 Å². The summed E-state index contributed by atoms with van der Waals surface area (Å²) in [6, 6.07) is 0.254. The van der Waals surface area contributed by atoms with Crippen molar-refractivity contribution in [2.45, 2.75) is 70.6 Å². The van der Waals surface area contributed by atoms with E-state index in [1.54, 1.807) is 4.90 Å². The van der Waals surface area contributed by atoms with Gasteiger partial charge in [-0.2, -0.15) is 13.2 Å². The fourth-order valence-corrected chi connectivity index (χ4v) is 3.92. The van der Waals surface area contributed by atoms with Gasteiger partial charge in [0.25, 0.3) is 0 Å². The molecule has 0 amide bonds. The van der Waals surface area contributed by atoms with Gasteiger partial charge in [-0.15, -0.1) is 0 Å². The van der Waals surface area contributed by atoms with Crippen LogP contribution in [0.5, 0.6) is 0 Å². The fourth-order valence-electron chi connectivity index (χ4n) is 3.92. The van der Waals surface area contributed by atoms with Crippen LogP contribution in [0.1, 0.15) is 52.4 Å². The number of rotatable bonds is 4. The van der Waals surface area contributed by atoms with Crippen LogP contribution in [0.25, 0.3) is 0 Å². The smallest absolute Gasteiger partial charge is 0.311 e. The van der Waals surface area contributed by atoms with Crippen molar-refractivity contribution in [3.8, 4) is 0 Å². The lowest BCUT2D eigenvalue weighted by Crippen LogP contribution is -2.62. The second kappa shape index (κ2) is 7.32. The van der Waals surface area contributed by atoms with Crippen LogP contribution in [-0.4, -0.2) is 42.8 Å². The molecule has 2 fully saturated rings. The molecule has 2 rings (SSSR count). The van der Waals surface area contributed by atoms with Crippen LogP contribution in [0.3, 0.4) is 0 Å². The maximum Gasteiger partial charge on any atom is 0.401 e. The third-order valence-electron chi connectivity index (χ3n) is 5.40. The molecular weight excluding hydrogens is 277 g/mol. The Morgan fingerprint density at radius 2 is 1.86 bits per heavy atom. The summed E-state index contributed by atoms with van der Waals surface area (Å²) in [7, 11) is 0. The Labute approximate surface area is 126 Å². The van der Waals surface area contributed by atoms with Gasteiger partial charge in [-0.25, -0.2) is 0 Å². The molecule has 3 unspecified atom stereocenters. The molecule has 0 aromatic heterocycles. The Hall–Kier alpha value is -0.290. The minimum atomic E-state index is -4.09. The second-order valence-corrected chi connectivity index (χ2v) is 6.91. The normalized spacial score (nSPS) is 31.3. The van der Waals surface area contributed by atoms with E-state index in [9.17, 15) is 13.2 Å². The predicted molar refractivity (Wildman–Crippen MR) is 79.2 cm³/mol. The molecule has 2 nitrogen and oxygen atoms in total. The van der Waals surface area contributed by atoms with Gasteiger partial charge in [0.15, 0.2) is 0 Å². The summed E-state index contributed by atoms with van der Waals surface area (Å²) >= 11 is 0. The van der Waals surface area contributed by atoms with E-state index in [-0.39, 0.29) is 12.1 Å². The van der Waals surface area contributed by atoms with Crippen molar-refractivity contribution >= 4 is 0 Å². The fraction of sp³-hybridized carbons (Fsp3) is 1.00. The topological polar surface area (TPSA) is 15.3 Å². The highest BCUT2D eigenvalue weighted by atomic mass is 19.4. The zero-order valence-electron chi connectivity index (χ0n) is 13.3. The Morgan fingerprint density at radius 1 is 1.19 bits per heavy atom. The lowest BCUT2D eigenvalue weighted by atomic mass is 9.81. The number of halogens is 3. The standard InChI is InChI=1S/C16H29F3N2/c1-3-12(2)14-10-21(11-16(17,18)19)15(9-20-14)13-7-5-4-6-8-13/h12-15,20H,3-11H2,1-2H3. The molecule has 1 saturated carbocycles. The van der Waals surface area contributed by atoms with E-state index < -0.39 is 12.7 Å². The molecule has 2 aliphatic rings. The lowest BCUT2D eigenvalue weighted by Gasteiger charge is -2.46. The van der Waals surface area contributed by atoms with E-state index in [0.29, 0.717) is 18.4 Å². The minimum absolute atomic E-state index is 0.0623. The summed E-state index contributed by atoms with van der Waals surface area (Å²) in [5, 5.41) is 3.52. The average Bonchev–Trinajstić information content (AvgIpc) is 2.45. The molecule has 0 radical (unpaired) electrons. The summed E-state index contributed by atoms with van der Waals surface area (Å²) in [6.07, 6.45) is 2.69. The molecule has 1 N–H and O–H groups in total. The van der Waals surface area contributed by atoms with E-state index in [2.05, 4.69) is 19.2 Å². The van der Waals surface area contributed by atoms with Crippen LogP contribution in [0.2, 0.25) is 0 Å². The second-order valence-electron chi connectivity index (χ2n) is 6.91. The Morgan fingerprint density at radius 3 is 2.43 bits per heavy atom. The molecule has 1 heterocycles. The first-order chi connectivity index (χ1) is 9.90. The Kier molecular flexibility index (Phi) is 5.95. The molecule has 1 aliphatic heterocycles. The minimum Gasteiger partial charge on any atom is -0.311 e. The van der Waals surface area contributed by atoms with Gasteiger partial charge in [-0.3, -0.25) is 4.90 Å². The molecule has 124 valence electrons. The largest absolute Gasteiger partial charge is 0.401 e. The summed E-state index contributed by atoms with van der Waals surface area (Å²) in [5.41, 5.74) is 0. The van der Waals surface area contributed by atoms with Crippen molar-refractivity contribution < 1.29 is 13.2 Å². The Balaban J connectivity index is 2.04. The van der Waals surface area contributed by atoms with Gasteiger partial charge in [-0.1, -0.05) is 39.5 Å². The molecule has 21 heavy (non-hydrogen) atoms. The van der Waals surface area contributed by atoms with Crippen molar-refractivity contribution in [2.24, 2.45) is 11.8 Å². The first-order valence-electron chi connectivity index (χ1n) is 8.45. The summed E-state index contributed by atoms with van der Waals surface area (Å²) in [6.45, 7) is 4.74. The van der Waals surface area contributed by atoms with Gasteiger partial charge in [0.1, 0.15) is 0 Å². The highest BCUT2D eigenvalue weighted by molar-refractivity contribution is 4.93. The molecule has 1 aliphatic carbocycles. The van der Waals surface area contributed by atoms with E-state index in [1.165, 1.54) is 19.3 Å². The van der Waals surface area contributed by atoms with Crippen molar-refractivity contribution in [2.75, 3.05) is 19.6 Å². The number of nitrogens with zero attached hydrogens (tertiary/aromatic N) is 1. The van der Waals surface area contributed by atoms with Crippen LogP contribution < -0.4 is 5.32 Å². The van der Waals surface area contributed by atoms with Crippen LogP contribution in [0.15, 0.2) is 0 Å². The van der Waals surface area contributed by atoms with Gasteiger partial charge >= 0.3 is 6.18 Å². The highest BCUT2D eigenvalue weighted by Crippen LogP contribution is 2.32. The number of hydrogen-bond acceptors (Lipinski definition) is 2. The third kappa shape index (κ3) is 4.85. The zero-order chi connectivity index (χ0) is 15.5. The summed E-state index contributed by atoms with van der Waals surface area (Å²) < 4.78 is 38.8. The van der Waals surface area contributed by atoms with Gasteiger partial charge < -0.3 is 5.32 Å². The average molecular weight is 306 g/mol. The number of hydrogen-bond donors (Lipinski definition) is 1. The maximum absolute atomic E-state index is 12.9. The first-order valence-corrected chi connectivity index (χ1v) is 8.45. The van der Waals surface area contributed by atoms with E-state index in [1.807, 2.05) is 0 Å². The molecule has 0 aromatic carbocycles. The van der Waals surface area contributed by atoms with Gasteiger partial charge in [-0.05, 0) is 24.7 Å². The van der Waals surface area contributed by atoms with Crippen LogP contribution in [-0.2, 0) is 0 Å². The van der Waals surface area contributed by atoms with Crippen molar-refractivity contribution in [1.82, 2.24) is 10.2 Å². The SMILES string of the molecule is CCC(C)C1CN(CC(F)(F)F)C(C2CCCCC2)CN1. The van der Waals surface area contributed by atoms with Gasteiger partial charge in [0.2, 0.25) is 0 Å². The predicted octanol–water partition coefficient (Wildman–Crippen LogP) is 3.82. The number of piperazine rings is 1. The zero-order valence-corrected chi connectivity index (χ0v) is 13.3. The van der Waals surface area contributed by atoms with E-state index >= 15 is 0 Å². The number of alkyl halides is 3. The maximum atomic E-state index is 12.9. The molecule has 5 heteroatoms. The highest BCUT2D eigenvalue weighted by Gasteiger charge is 2.40. The molecule has 1 saturated heterocycles. The summed E-state index contributed by atoms with van der Waals surface area (Å²) in [5.74, 6) is 0.861. The number of nitrogens with one attached hydrogen (secondary N) is 1. The van der Waals surface area contributed by atoms with E-state index in [0.717, 1.165) is 25.8 Å². The molecule has 3 atom stereocenters. The van der Waals surface area contributed by atoms with Crippen LogP contribution in [0.4, 0.5) is 13.2 Å². The molecule has 0 spiro atoms. The summed E-state index contributed by atoms with van der Waals surface area (Å²) in [4.78, 5) is 1.73. The molecule has 0 bridgehead atoms. The third-order valence-corrected chi connectivity index (χ3v) is 5.40. The lowest BCUT2D eigenvalue weighted by molar-refractivity contribution is -0.158. The van der Waals surface area contributed by atoms with E-state index in [4.69, 9.17) is 0 Å². The van der Waals surface area contributed by atoms with Crippen molar-refractivity contribution in [1.29, 1.82) is 0 Å².